The molecule has 1 unspecified atom stereocenters. The van der Waals surface area contributed by atoms with Gasteiger partial charge in [0.1, 0.15) is 5.75 Å². The molecule has 0 aromatic heterocycles. The Hall–Kier alpha value is -1.02. The molecule has 2 N–H and O–H groups in total. The monoisotopic (exact) mass is 233 g/mol. The molecule has 1 aliphatic carbocycles. The molecule has 0 aliphatic heterocycles. The summed E-state index contributed by atoms with van der Waals surface area (Å²) in [5.74, 6) is 0.994. The zero-order chi connectivity index (χ0) is 12.1. The van der Waals surface area contributed by atoms with Crippen molar-refractivity contribution in [2.24, 2.45) is 5.73 Å². The quantitative estimate of drug-likeness (QED) is 0.858. The molecule has 2 nitrogen and oxygen atoms in total. The highest BCUT2D eigenvalue weighted by Gasteiger charge is 2.17. The molecule has 0 saturated heterocycles. The van der Waals surface area contributed by atoms with E-state index in [-0.39, 0.29) is 6.04 Å². The van der Waals surface area contributed by atoms with Crippen molar-refractivity contribution < 1.29 is 4.74 Å². The Bertz CT molecular complexity index is 345. The Morgan fingerprint density at radius 1 is 1.24 bits per heavy atom. The first-order valence-electron chi connectivity index (χ1n) is 6.82. The molecule has 0 radical (unpaired) electrons. The molecule has 1 saturated carbocycles. The summed E-state index contributed by atoms with van der Waals surface area (Å²) < 4.78 is 6.13. The van der Waals surface area contributed by atoms with Crippen LogP contribution >= 0.6 is 0 Å². The van der Waals surface area contributed by atoms with Gasteiger partial charge in [0.05, 0.1) is 6.10 Å². The zero-order valence-corrected chi connectivity index (χ0v) is 10.7. The first-order chi connectivity index (χ1) is 8.31. The second-order valence-corrected chi connectivity index (χ2v) is 4.93. The van der Waals surface area contributed by atoms with Gasteiger partial charge in [0, 0.05) is 11.6 Å². The normalized spacial score (nSPS) is 18.9. The van der Waals surface area contributed by atoms with Crippen molar-refractivity contribution in [2.45, 2.75) is 57.6 Å². The molecule has 1 aromatic carbocycles. The van der Waals surface area contributed by atoms with Gasteiger partial charge < -0.3 is 10.5 Å². The predicted octanol–water partition coefficient (Wildman–Crippen LogP) is 3.81. The van der Waals surface area contributed by atoms with Crippen LogP contribution in [0.1, 0.15) is 57.1 Å². The van der Waals surface area contributed by atoms with Gasteiger partial charge in [0.2, 0.25) is 0 Å². The minimum Gasteiger partial charge on any atom is -0.490 e. The SMILES string of the molecule is CCC(N)c1ccccc1OC1CCCCC1. The molecule has 0 heterocycles. The van der Waals surface area contributed by atoms with Gasteiger partial charge in [-0.1, -0.05) is 31.5 Å². The van der Waals surface area contributed by atoms with E-state index < -0.39 is 0 Å². The molecular formula is C15H23NO. The van der Waals surface area contributed by atoms with Crippen molar-refractivity contribution in [1.29, 1.82) is 0 Å². The Labute approximate surface area is 104 Å². The third-order valence-electron chi connectivity index (χ3n) is 3.60. The van der Waals surface area contributed by atoms with Gasteiger partial charge in [-0.3, -0.25) is 0 Å². The maximum atomic E-state index is 6.13. The summed E-state index contributed by atoms with van der Waals surface area (Å²) in [4.78, 5) is 0. The van der Waals surface area contributed by atoms with E-state index >= 15 is 0 Å². The van der Waals surface area contributed by atoms with Crippen LogP contribution in [-0.2, 0) is 0 Å². The summed E-state index contributed by atoms with van der Waals surface area (Å²) >= 11 is 0. The zero-order valence-electron chi connectivity index (χ0n) is 10.7. The average molecular weight is 233 g/mol. The molecule has 1 atom stereocenters. The fraction of sp³-hybridized carbons (Fsp3) is 0.600. The lowest BCUT2D eigenvalue weighted by atomic mass is 9.97. The van der Waals surface area contributed by atoms with Crippen LogP contribution < -0.4 is 10.5 Å². The molecule has 94 valence electrons. The van der Waals surface area contributed by atoms with Crippen LogP contribution in [-0.4, -0.2) is 6.10 Å². The fourth-order valence-electron chi connectivity index (χ4n) is 2.48. The van der Waals surface area contributed by atoms with E-state index in [1.54, 1.807) is 0 Å². The van der Waals surface area contributed by atoms with Crippen molar-refractivity contribution in [3.63, 3.8) is 0 Å². The maximum absolute atomic E-state index is 6.13. The van der Waals surface area contributed by atoms with E-state index in [9.17, 15) is 0 Å². The topological polar surface area (TPSA) is 35.2 Å². The van der Waals surface area contributed by atoms with E-state index in [2.05, 4.69) is 19.1 Å². The molecule has 0 bridgehead atoms. The summed E-state index contributed by atoms with van der Waals surface area (Å²) in [6.07, 6.45) is 7.68. The molecule has 1 aliphatic rings. The number of para-hydroxylation sites is 1. The van der Waals surface area contributed by atoms with Crippen LogP contribution in [0.2, 0.25) is 0 Å². The van der Waals surface area contributed by atoms with Crippen LogP contribution in [0.3, 0.4) is 0 Å². The van der Waals surface area contributed by atoms with Gasteiger partial charge in [-0.05, 0) is 38.2 Å². The Kier molecular flexibility index (Phi) is 4.43. The van der Waals surface area contributed by atoms with Gasteiger partial charge in [-0.2, -0.15) is 0 Å². The Balaban J connectivity index is 2.08. The third-order valence-corrected chi connectivity index (χ3v) is 3.60. The van der Waals surface area contributed by atoms with Crippen LogP contribution in [0.15, 0.2) is 24.3 Å². The second-order valence-electron chi connectivity index (χ2n) is 4.93. The number of rotatable bonds is 4. The van der Waals surface area contributed by atoms with E-state index in [4.69, 9.17) is 10.5 Å². The summed E-state index contributed by atoms with van der Waals surface area (Å²) in [5, 5.41) is 0. The van der Waals surface area contributed by atoms with Crippen molar-refractivity contribution in [1.82, 2.24) is 0 Å². The molecule has 1 fully saturated rings. The standard InChI is InChI=1S/C15H23NO/c1-2-14(16)13-10-6-7-11-15(13)17-12-8-4-3-5-9-12/h6-7,10-12,14H,2-5,8-9,16H2,1H3. The summed E-state index contributed by atoms with van der Waals surface area (Å²) in [5.41, 5.74) is 7.27. The second kappa shape index (κ2) is 6.06. The minimum atomic E-state index is 0.0924. The van der Waals surface area contributed by atoms with Gasteiger partial charge >= 0.3 is 0 Å². The third kappa shape index (κ3) is 3.22. The average Bonchev–Trinajstić information content (AvgIpc) is 2.40. The van der Waals surface area contributed by atoms with E-state index in [0.29, 0.717) is 6.10 Å². The summed E-state index contributed by atoms with van der Waals surface area (Å²) in [7, 11) is 0. The molecule has 0 amide bonds. The number of ether oxygens (including phenoxy) is 1. The molecule has 1 aromatic rings. The minimum absolute atomic E-state index is 0.0924. The highest BCUT2D eigenvalue weighted by molar-refractivity contribution is 5.35. The number of benzene rings is 1. The molecular weight excluding hydrogens is 210 g/mol. The summed E-state index contributed by atoms with van der Waals surface area (Å²) in [6.45, 7) is 2.11. The predicted molar refractivity (Wildman–Crippen MR) is 71.2 cm³/mol. The largest absolute Gasteiger partial charge is 0.490 e. The van der Waals surface area contributed by atoms with Crippen molar-refractivity contribution in [2.75, 3.05) is 0 Å². The lowest BCUT2D eigenvalue weighted by molar-refractivity contribution is 0.153. The van der Waals surface area contributed by atoms with Crippen LogP contribution in [0.5, 0.6) is 5.75 Å². The highest BCUT2D eigenvalue weighted by atomic mass is 16.5. The molecule has 2 rings (SSSR count). The van der Waals surface area contributed by atoms with Crippen molar-refractivity contribution in [3.05, 3.63) is 29.8 Å². The van der Waals surface area contributed by atoms with E-state index in [1.807, 2.05) is 12.1 Å². The lowest BCUT2D eigenvalue weighted by Gasteiger charge is -2.25. The highest BCUT2D eigenvalue weighted by Crippen LogP contribution is 2.29. The molecule has 0 spiro atoms. The molecule has 2 heteroatoms. The first-order valence-corrected chi connectivity index (χ1v) is 6.82. The summed E-state index contributed by atoms with van der Waals surface area (Å²) in [6, 6.07) is 8.31. The van der Waals surface area contributed by atoms with Crippen molar-refractivity contribution >= 4 is 0 Å². The van der Waals surface area contributed by atoms with Crippen LogP contribution in [0.4, 0.5) is 0 Å². The Morgan fingerprint density at radius 3 is 2.65 bits per heavy atom. The van der Waals surface area contributed by atoms with Crippen LogP contribution in [0, 0.1) is 0 Å². The lowest BCUT2D eigenvalue weighted by Crippen LogP contribution is -2.21. The Morgan fingerprint density at radius 2 is 1.94 bits per heavy atom. The number of hydrogen-bond acceptors (Lipinski definition) is 2. The number of nitrogens with two attached hydrogens (primary N) is 1. The fourth-order valence-corrected chi connectivity index (χ4v) is 2.48. The van der Waals surface area contributed by atoms with E-state index in [0.717, 1.165) is 17.7 Å². The number of hydrogen-bond donors (Lipinski definition) is 1. The van der Waals surface area contributed by atoms with E-state index in [1.165, 1.54) is 32.1 Å². The smallest absolute Gasteiger partial charge is 0.124 e. The maximum Gasteiger partial charge on any atom is 0.124 e. The van der Waals surface area contributed by atoms with Crippen molar-refractivity contribution in [3.8, 4) is 5.75 Å². The van der Waals surface area contributed by atoms with Crippen LogP contribution in [0.25, 0.3) is 0 Å². The molecule has 17 heavy (non-hydrogen) atoms. The first kappa shape index (κ1) is 12.4. The van der Waals surface area contributed by atoms with Gasteiger partial charge in [-0.15, -0.1) is 0 Å². The van der Waals surface area contributed by atoms with Gasteiger partial charge in [-0.25, -0.2) is 0 Å². The van der Waals surface area contributed by atoms with Gasteiger partial charge in [0.15, 0.2) is 0 Å². The van der Waals surface area contributed by atoms with Gasteiger partial charge in [0.25, 0.3) is 0 Å².